The molecule has 5 rings (SSSR count). The van der Waals surface area contributed by atoms with Crippen LogP contribution in [0.2, 0.25) is 0 Å². The summed E-state index contributed by atoms with van der Waals surface area (Å²) in [5, 5.41) is 12.4. The summed E-state index contributed by atoms with van der Waals surface area (Å²) in [6, 6.07) is 24.2. The number of fused-ring (bicyclic) bond motifs is 2. The van der Waals surface area contributed by atoms with E-state index in [0.717, 1.165) is 22.4 Å². The fourth-order valence-electron chi connectivity index (χ4n) is 4.92. The van der Waals surface area contributed by atoms with Crippen molar-refractivity contribution in [2.45, 2.75) is 31.8 Å². The zero-order chi connectivity index (χ0) is 27.2. The SMILES string of the molecule is O=C(O)CN(C(=O)CCCCOc1ccc2c(c1)N=C1NC(=O)CN1C2)C(c1ccccc1)c1ccccc1. The molecule has 0 atom stereocenters. The van der Waals surface area contributed by atoms with Crippen molar-refractivity contribution < 1.29 is 24.2 Å². The van der Waals surface area contributed by atoms with E-state index in [0.29, 0.717) is 44.2 Å². The Morgan fingerprint density at radius 2 is 1.67 bits per heavy atom. The van der Waals surface area contributed by atoms with Gasteiger partial charge in [-0.3, -0.25) is 19.7 Å². The molecule has 3 aromatic carbocycles. The van der Waals surface area contributed by atoms with E-state index in [2.05, 4.69) is 10.3 Å². The molecule has 1 saturated heterocycles. The molecule has 0 aliphatic carbocycles. The number of nitrogens with one attached hydrogen (secondary N) is 1. The number of hydrogen-bond acceptors (Lipinski definition) is 6. The Bertz CT molecular complexity index is 1340. The highest BCUT2D eigenvalue weighted by Crippen LogP contribution is 2.31. The number of carboxylic acid groups (broad SMARTS) is 1. The maximum Gasteiger partial charge on any atom is 0.323 e. The number of hydrogen-bond donors (Lipinski definition) is 2. The van der Waals surface area contributed by atoms with Crippen LogP contribution in [0.15, 0.2) is 83.9 Å². The van der Waals surface area contributed by atoms with Gasteiger partial charge >= 0.3 is 5.97 Å². The first-order valence-electron chi connectivity index (χ1n) is 13.0. The van der Waals surface area contributed by atoms with Gasteiger partial charge in [0.1, 0.15) is 18.8 Å². The molecule has 0 radical (unpaired) electrons. The van der Waals surface area contributed by atoms with Gasteiger partial charge in [0.25, 0.3) is 0 Å². The van der Waals surface area contributed by atoms with Crippen LogP contribution in [0.25, 0.3) is 0 Å². The second kappa shape index (κ2) is 11.8. The van der Waals surface area contributed by atoms with Crippen molar-refractivity contribution in [1.29, 1.82) is 0 Å². The van der Waals surface area contributed by atoms with E-state index < -0.39 is 12.0 Å². The molecule has 0 unspecified atom stereocenters. The van der Waals surface area contributed by atoms with Gasteiger partial charge in [0, 0.05) is 19.0 Å². The number of aliphatic imine (C=N–C) groups is 1. The number of carbonyl (C=O) groups is 3. The number of ether oxygens (including phenoxy) is 1. The number of rotatable bonds is 11. The van der Waals surface area contributed by atoms with Crippen LogP contribution in [0, 0.1) is 0 Å². The molecule has 200 valence electrons. The molecular formula is C30H30N4O5. The number of nitrogens with zero attached hydrogens (tertiary/aromatic N) is 3. The first kappa shape index (κ1) is 26.0. The van der Waals surface area contributed by atoms with E-state index >= 15 is 0 Å². The van der Waals surface area contributed by atoms with Crippen LogP contribution < -0.4 is 10.1 Å². The second-order valence-corrected chi connectivity index (χ2v) is 9.58. The number of guanidine groups is 1. The van der Waals surface area contributed by atoms with Gasteiger partial charge in [-0.2, -0.15) is 0 Å². The number of aliphatic carboxylic acids is 1. The molecule has 2 aliphatic rings. The van der Waals surface area contributed by atoms with Gasteiger partial charge in [0.05, 0.1) is 18.3 Å². The third-order valence-corrected chi connectivity index (χ3v) is 6.75. The maximum absolute atomic E-state index is 13.3. The Hall–Kier alpha value is -4.66. The summed E-state index contributed by atoms with van der Waals surface area (Å²) in [5.74, 6) is -0.0997. The van der Waals surface area contributed by atoms with Crippen molar-refractivity contribution in [2.24, 2.45) is 4.99 Å². The number of carbonyl (C=O) groups excluding carboxylic acids is 2. The Morgan fingerprint density at radius 1 is 0.974 bits per heavy atom. The largest absolute Gasteiger partial charge is 0.494 e. The first-order chi connectivity index (χ1) is 19.0. The fourth-order valence-corrected chi connectivity index (χ4v) is 4.92. The van der Waals surface area contributed by atoms with Crippen LogP contribution in [-0.2, 0) is 20.9 Å². The highest BCUT2D eigenvalue weighted by Gasteiger charge is 2.30. The van der Waals surface area contributed by atoms with Gasteiger partial charge in [-0.05, 0) is 35.6 Å². The van der Waals surface area contributed by atoms with Crippen LogP contribution in [-0.4, -0.2) is 58.3 Å². The molecule has 2 heterocycles. The smallest absolute Gasteiger partial charge is 0.323 e. The zero-order valence-electron chi connectivity index (χ0n) is 21.5. The molecule has 0 saturated carbocycles. The average Bonchev–Trinajstić information content (AvgIpc) is 3.30. The Balaban J connectivity index is 1.19. The summed E-state index contributed by atoms with van der Waals surface area (Å²) in [6.07, 6.45) is 1.39. The molecule has 2 amide bonds. The summed E-state index contributed by atoms with van der Waals surface area (Å²) < 4.78 is 5.91. The average molecular weight is 527 g/mol. The summed E-state index contributed by atoms with van der Waals surface area (Å²) >= 11 is 0. The Morgan fingerprint density at radius 3 is 2.33 bits per heavy atom. The molecule has 0 aromatic heterocycles. The highest BCUT2D eigenvalue weighted by atomic mass is 16.5. The highest BCUT2D eigenvalue weighted by molar-refractivity contribution is 6.05. The lowest BCUT2D eigenvalue weighted by Crippen LogP contribution is -2.39. The molecule has 9 nitrogen and oxygen atoms in total. The van der Waals surface area contributed by atoms with Crippen LogP contribution in [0.3, 0.4) is 0 Å². The van der Waals surface area contributed by atoms with Crippen LogP contribution in [0.4, 0.5) is 5.69 Å². The van der Waals surface area contributed by atoms with Crippen molar-refractivity contribution in [3.8, 4) is 5.75 Å². The van der Waals surface area contributed by atoms with Gasteiger partial charge in [0.2, 0.25) is 17.8 Å². The Kier molecular flexibility index (Phi) is 7.86. The number of benzene rings is 3. The minimum Gasteiger partial charge on any atom is -0.494 e. The molecule has 0 spiro atoms. The third kappa shape index (κ3) is 6.26. The fraction of sp³-hybridized carbons (Fsp3) is 0.267. The molecular weight excluding hydrogens is 496 g/mol. The van der Waals surface area contributed by atoms with E-state index in [1.54, 1.807) is 0 Å². The van der Waals surface area contributed by atoms with Crippen molar-refractivity contribution in [2.75, 3.05) is 19.7 Å². The molecule has 1 fully saturated rings. The molecule has 0 bridgehead atoms. The van der Waals surface area contributed by atoms with Gasteiger partial charge in [-0.25, -0.2) is 4.99 Å². The number of carboxylic acids is 1. The van der Waals surface area contributed by atoms with Crippen LogP contribution in [0.5, 0.6) is 5.75 Å². The van der Waals surface area contributed by atoms with Crippen molar-refractivity contribution in [3.63, 3.8) is 0 Å². The third-order valence-electron chi connectivity index (χ3n) is 6.75. The predicted molar refractivity (Wildman–Crippen MR) is 146 cm³/mol. The lowest BCUT2D eigenvalue weighted by Gasteiger charge is -2.31. The quantitative estimate of drug-likeness (QED) is 0.367. The maximum atomic E-state index is 13.3. The van der Waals surface area contributed by atoms with E-state index in [9.17, 15) is 19.5 Å². The zero-order valence-corrected chi connectivity index (χ0v) is 21.5. The minimum absolute atomic E-state index is 0.0617. The van der Waals surface area contributed by atoms with Crippen LogP contribution in [0.1, 0.15) is 42.0 Å². The predicted octanol–water partition coefficient (Wildman–Crippen LogP) is 3.87. The monoisotopic (exact) mass is 526 g/mol. The standard InChI is InChI=1S/C30H30N4O5/c35-26-19-33-18-23-14-15-24(17-25(23)31-30(33)32-26)39-16-8-7-13-27(36)34(20-28(37)38)29(21-9-3-1-4-10-21)22-11-5-2-6-12-22/h1-6,9-12,14-15,17,29H,7-8,13,16,18-20H2,(H,37,38)(H,31,32,35). The molecule has 3 aromatic rings. The topological polar surface area (TPSA) is 112 Å². The summed E-state index contributed by atoms with van der Waals surface area (Å²) in [7, 11) is 0. The Labute approximate surface area is 226 Å². The summed E-state index contributed by atoms with van der Waals surface area (Å²) in [4.78, 5) is 44.6. The van der Waals surface area contributed by atoms with Crippen molar-refractivity contribution >= 4 is 29.4 Å². The van der Waals surface area contributed by atoms with Crippen LogP contribution >= 0.6 is 0 Å². The lowest BCUT2D eigenvalue weighted by atomic mass is 9.96. The number of unbranched alkanes of at least 4 members (excludes halogenated alkanes) is 1. The van der Waals surface area contributed by atoms with Gasteiger partial charge < -0.3 is 19.6 Å². The molecule has 2 aliphatic heterocycles. The molecule has 9 heteroatoms. The van der Waals surface area contributed by atoms with Gasteiger partial charge in [-0.15, -0.1) is 0 Å². The van der Waals surface area contributed by atoms with Crippen molar-refractivity contribution in [1.82, 2.24) is 15.1 Å². The first-order valence-corrected chi connectivity index (χ1v) is 13.0. The van der Waals surface area contributed by atoms with Gasteiger partial charge in [-0.1, -0.05) is 66.7 Å². The number of amides is 2. The molecule has 39 heavy (non-hydrogen) atoms. The normalized spacial score (nSPS) is 13.8. The van der Waals surface area contributed by atoms with E-state index in [4.69, 9.17) is 4.74 Å². The lowest BCUT2D eigenvalue weighted by molar-refractivity contribution is -0.145. The summed E-state index contributed by atoms with van der Waals surface area (Å²) in [5.41, 5.74) is 3.52. The van der Waals surface area contributed by atoms with E-state index in [1.165, 1.54) is 4.90 Å². The minimum atomic E-state index is -1.06. The van der Waals surface area contributed by atoms with Crippen molar-refractivity contribution in [3.05, 3.63) is 95.6 Å². The van der Waals surface area contributed by atoms with E-state index in [1.807, 2.05) is 83.8 Å². The summed E-state index contributed by atoms with van der Waals surface area (Å²) in [6.45, 7) is 0.955. The second-order valence-electron chi connectivity index (χ2n) is 9.58. The molecule has 2 N–H and O–H groups in total. The van der Waals surface area contributed by atoms with E-state index in [-0.39, 0.29) is 24.8 Å². The van der Waals surface area contributed by atoms with Gasteiger partial charge in [0.15, 0.2) is 0 Å².